The Morgan fingerprint density at radius 3 is 2.84 bits per heavy atom. The molecule has 3 heteroatoms. The summed E-state index contributed by atoms with van der Waals surface area (Å²) in [5, 5.41) is 15.3. The van der Waals surface area contributed by atoms with Crippen molar-refractivity contribution < 1.29 is 9.94 Å². The zero-order chi connectivity index (χ0) is 17.7. The Bertz CT molecular complexity index is 645. The highest BCUT2D eigenvalue weighted by Gasteiger charge is 2.61. The van der Waals surface area contributed by atoms with Gasteiger partial charge >= 0.3 is 0 Å². The van der Waals surface area contributed by atoms with Gasteiger partial charge in [0.1, 0.15) is 12.2 Å². The molecule has 1 N–H and O–H groups in total. The maximum absolute atomic E-state index is 11.0. The van der Waals surface area contributed by atoms with Crippen LogP contribution in [-0.2, 0) is 4.84 Å². The Balaban J connectivity index is 1.57. The van der Waals surface area contributed by atoms with Crippen LogP contribution in [0.25, 0.3) is 0 Å². The number of rotatable bonds is 2. The second kappa shape index (κ2) is 6.16. The summed E-state index contributed by atoms with van der Waals surface area (Å²) in [5.74, 6) is 5.57. The number of aliphatic hydroxyl groups is 1. The smallest absolute Gasteiger partial charge is 0.130 e. The van der Waals surface area contributed by atoms with Gasteiger partial charge < -0.3 is 9.94 Å². The molecule has 4 rings (SSSR count). The molecule has 0 radical (unpaired) electrons. The quantitative estimate of drug-likeness (QED) is 0.600. The molecule has 0 saturated heterocycles. The number of oxime groups is 1. The van der Waals surface area contributed by atoms with Crippen molar-refractivity contribution in [3.63, 3.8) is 0 Å². The van der Waals surface area contributed by atoms with Crippen LogP contribution in [0.3, 0.4) is 0 Å². The van der Waals surface area contributed by atoms with Gasteiger partial charge in [-0.2, -0.15) is 0 Å². The molecule has 0 heterocycles. The predicted molar refractivity (Wildman–Crippen MR) is 99.9 cm³/mol. The summed E-state index contributed by atoms with van der Waals surface area (Å²) in [6.45, 7) is 4.88. The maximum Gasteiger partial charge on any atom is 0.130 e. The van der Waals surface area contributed by atoms with Crippen LogP contribution in [0.15, 0.2) is 16.8 Å². The van der Waals surface area contributed by atoms with E-state index in [4.69, 9.17) is 11.3 Å². The van der Waals surface area contributed by atoms with Gasteiger partial charge in [0, 0.05) is 5.41 Å². The van der Waals surface area contributed by atoms with E-state index in [1.165, 1.54) is 25.7 Å². The van der Waals surface area contributed by atoms with Gasteiger partial charge in [-0.05, 0) is 88.0 Å². The molecular weight excluding hydrogens is 310 g/mol. The standard InChI is InChI=1S/C22H31NO2/c1-4-22(24)13-11-20-19-8-6-15-14-16(23-25-5-2)7-9-17(15)18(19)10-12-21(20,22)3/h1,14,17-20,24H,5-13H2,2-3H3/b23-16+. The van der Waals surface area contributed by atoms with Gasteiger partial charge in [0.2, 0.25) is 0 Å². The first kappa shape index (κ1) is 17.2. The van der Waals surface area contributed by atoms with E-state index in [0.29, 0.717) is 18.4 Å². The van der Waals surface area contributed by atoms with Gasteiger partial charge in [0.25, 0.3) is 0 Å². The molecule has 0 spiro atoms. The van der Waals surface area contributed by atoms with Gasteiger partial charge in [-0.15, -0.1) is 6.42 Å². The summed E-state index contributed by atoms with van der Waals surface area (Å²) in [5.41, 5.74) is 1.75. The van der Waals surface area contributed by atoms with Gasteiger partial charge in [-0.3, -0.25) is 0 Å². The fourth-order valence-electron chi connectivity index (χ4n) is 6.67. The minimum Gasteiger partial charge on any atom is -0.396 e. The second-order valence-corrected chi connectivity index (χ2v) is 8.84. The van der Waals surface area contributed by atoms with Crippen molar-refractivity contribution in [3.05, 3.63) is 11.6 Å². The van der Waals surface area contributed by atoms with Crippen LogP contribution < -0.4 is 0 Å². The third kappa shape index (κ3) is 2.48. The summed E-state index contributed by atoms with van der Waals surface area (Å²) in [6.07, 6.45) is 16.9. The third-order valence-corrected chi connectivity index (χ3v) is 8.02. The van der Waals surface area contributed by atoms with E-state index in [1.807, 2.05) is 6.92 Å². The van der Waals surface area contributed by atoms with E-state index < -0.39 is 5.60 Å². The molecule has 25 heavy (non-hydrogen) atoms. The minimum atomic E-state index is -0.886. The van der Waals surface area contributed by atoms with Crippen molar-refractivity contribution in [1.29, 1.82) is 0 Å². The summed E-state index contributed by atoms with van der Waals surface area (Å²) < 4.78 is 0. The van der Waals surface area contributed by atoms with Gasteiger partial charge in [0.05, 0.1) is 5.71 Å². The van der Waals surface area contributed by atoms with Crippen LogP contribution in [0.1, 0.15) is 65.2 Å². The van der Waals surface area contributed by atoms with E-state index in [0.717, 1.165) is 43.2 Å². The van der Waals surface area contributed by atoms with Crippen LogP contribution in [0, 0.1) is 41.4 Å². The number of terminal acetylenes is 1. The molecule has 0 aliphatic heterocycles. The van der Waals surface area contributed by atoms with Crippen molar-refractivity contribution in [1.82, 2.24) is 0 Å². The Labute approximate surface area is 151 Å². The zero-order valence-electron chi connectivity index (χ0n) is 15.6. The van der Waals surface area contributed by atoms with E-state index in [9.17, 15) is 5.11 Å². The first-order valence-electron chi connectivity index (χ1n) is 10.1. The molecule has 6 unspecified atom stereocenters. The van der Waals surface area contributed by atoms with Gasteiger partial charge in [-0.25, -0.2) is 0 Å². The largest absolute Gasteiger partial charge is 0.396 e. The highest BCUT2D eigenvalue weighted by atomic mass is 16.6. The lowest BCUT2D eigenvalue weighted by Crippen LogP contribution is -2.52. The number of hydrogen-bond donors (Lipinski definition) is 1. The monoisotopic (exact) mass is 341 g/mol. The first-order valence-corrected chi connectivity index (χ1v) is 10.1. The van der Waals surface area contributed by atoms with Crippen molar-refractivity contribution in [2.45, 2.75) is 70.8 Å². The number of allylic oxidation sites excluding steroid dienone is 2. The Kier molecular flexibility index (Phi) is 4.23. The van der Waals surface area contributed by atoms with Gasteiger partial charge in [0.15, 0.2) is 0 Å². The molecule has 3 fully saturated rings. The normalized spacial score (nSPS) is 47.3. The van der Waals surface area contributed by atoms with Crippen LogP contribution in [-0.4, -0.2) is 23.0 Å². The van der Waals surface area contributed by atoms with Crippen LogP contribution in [0.2, 0.25) is 0 Å². The zero-order valence-corrected chi connectivity index (χ0v) is 15.6. The third-order valence-electron chi connectivity index (χ3n) is 8.02. The second-order valence-electron chi connectivity index (χ2n) is 8.84. The first-order chi connectivity index (χ1) is 12.0. The Hall–Kier alpha value is -1.27. The highest BCUT2D eigenvalue weighted by molar-refractivity contribution is 5.96. The average molecular weight is 341 g/mol. The van der Waals surface area contributed by atoms with Crippen molar-refractivity contribution in [2.75, 3.05) is 6.61 Å². The summed E-state index contributed by atoms with van der Waals surface area (Å²) in [6, 6.07) is 0. The maximum atomic E-state index is 11.0. The molecule has 4 aliphatic rings. The Morgan fingerprint density at radius 2 is 2.08 bits per heavy atom. The molecule has 0 aromatic carbocycles. The lowest BCUT2D eigenvalue weighted by molar-refractivity contribution is -0.0852. The number of hydrogen-bond acceptors (Lipinski definition) is 3. The molecule has 0 aromatic heterocycles. The van der Waals surface area contributed by atoms with Crippen molar-refractivity contribution >= 4 is 5.71 Å². The Morgan fingerprint density at radius 1 is 1.24 bits per heavy atom. The molecule has 0 bridgehead atoms. The molecule has 136 valence electrons. The molecular formula is C22H31NO2. The number of fused-ring (bicyclic) bond motifs is 5. The van der Waals surface area contributed by atoms with E-state index in [2.05, 4.69) is 24.1 Å². The summed E-state index contributed by atoms with van der Waals surface area (Å²) >= 11 is 0. The van der Waals surface area contributed by atoms with E-state index in [-0.39, 0.29) is 5.41 Å². The van der Waals surface area contributed by atoms with Crippen LogP contribution in [0.4, 0.5) is 0 Å². The van der Waals surface area contributed by atoms with E-state index >= 15 is 0 Å². The fraction of sp³-hybridized carbons (Fsp3) is 0.773. The molecule has 4 aliphatic carbocycles. The highest BCUT2D eigenvalue weighted by Crippen LogP contribution is 2.64. The van der Waals surface area contributed by atoms with Crippen LogP contribution in [0.5, 0.6) is 0 Å². The summed E-state index contributed by atoms with van der Waals surface area (Å²) in [4.78, 5) is 5.26. The van der Waals surface area contributed by atoms with Crippen LogP contribution >= 0.6 is 0 Å². The number of nitrogens with zero attached hydrogens (tertiary/aromatic N) is 1. The minimum absolute atomic E-state index is 0.0830. The lowest BCUT2D eigenvalue weighted by atomic mass is 9.50. The molecule has 3 nitrogen and oxygen atoms in total. The summed E-state index contributed by atoms with van der Waals surface area (Å²) in [7, 11) is 0. The van der Waals surface area contributed by atoms with Crippen molar-refractivity contribution in [3.8, 4) is 12.3 Å². The molecule has 3 saturated carbocycles. The molecule has 6 atom stereocenters. The van der Waals surface area contributed by atoms with Gasteiger partial charge in [-0.1, -0.05) is 23.6 Å². The fourth-order valence-corrected chi connectivity index (χ4v) is 6.67. The van der Waals surface area contributed by atoms with E-state index in [1.54, 1.807) is 5.57 Å². The predicted octanol–water partition coefficient (Wildman–Crippen LogP) is 4.32. The molecule has 0 amide bonds. The van der Waals surface area contributed by atoms with Crippen molar-refractivity contribution in [2.24, 2.45) is 34.2 Å². The molecule has 0 aromatic rings. The SMILES string of the molecule is C#CC1(O)CCC2C3CCC4=C/C(=N/OCC)CCC4C3CCC21C. The average Bonchev–Trinajstić information content (AvgIpc) is 2.91. The topological polar surface area (TPSA) is 41.8 Å². The lowest BCUT2D eigenvalue weighted by Gasteiger charge is -2.54.